The zero-order chi connectivity index (χ0) is 22.7. The molecule has 2 unspecified atom stereocenters. The average Bonchev–Trinajstić information content (AvgIpc) is 3.34. The summed E-state index contributed by atoms with van der Waals surface area (Å²) in [4.78, 5) is 15.9. The summed E-state index contributed by atoms with van der Waals surface area (Å²) >= 11 is 0. The van der Waals surface area contributed by atoms with Crippen LogP contribution in [0.3, 0.4) is 0 Å². The number of benzene rings is 2. The maximum atomic E-state index is 11.7. The molecule has 0 radical (unpaired) electrons. The standard InChI is InChI=1S/C26H26N2O5/c29-25(30)16-26(19-7-10-22-23(14-19)33-17-32-22)15-21(26)18-5-8-20(9-6-18)31-13-3-12-28-24-4-1-2-11-27-24/h1-2,4-11,14,21H,3,12-13,15-17H2,(H,27,28)(H,29,30). The zero-order valence-electron chi connectivity index (χ0n) is 18.2. The number of carboxylic acid groups (broad SMARTS) is 1. The van der Waals surface area contributed by atoms with Gasteiger partial charge in [-0.25, -0.2) is 4.98 Å². The minimum absolute atomic E-state index is 0.0822. The molecule has 7 nitrogen and oxygen atoms in total. The Morgan fingerprint density at radius 2 is 1.97 bits per heavy atom. The van der Waals surface area contributed by atoms with E-state index in [-0.39, 0.29) is 19.1 Å². The van der Waals surface area contributed by atoms with Crippen LogP contribution in [0, 0.1) is 0 Å². The number of aliphatic carboxylic acids is 1. The first-order valence-corrected chi connectivity index (χ1v) is 11.1. The minimum Gasteiger partial charge on any atom is -0.494 e. The number of pyridine rings is 1. The van der Waals surface area contributed by atoms with Crippen molar-refractivity contribution in [3.63, 3.8) is 0 Å². The number of nitrogens with zero attached hydrogens (tertiary/aromatic N) is 1. The van der Waals surface area contributed by atoms with Crippen molar-refractivity contribution in [2.24, 2.45) is 0 Å². The number of fused-ring (bicyclic) bond motifs is 1. The lowest BCUT2D eigenvalue weighted by Crippen LogP contribution is -2.15. The number of ether oxygens (including phenoxy) is 3. The molecule has 5 rings (SSSR count). The second-order valence-corrected chi connectivity index (χ2v) is 8.46. The molecular formula is C26H26N2O5. The Labute approximate surface area is 192 Å². The predicted molar refractivity (Wildman–Crippen MR) is 123 cm³/mol. The van der Waals surface area contributed by atoms with Gasteiger partial charge in [-0.3, -0.25) is 4.79 Å². The van der Waals surface area contributed by atoms with Crippen LogP contribution >= 0.6 is 0 Å². The van der Waals surface area contributed by atoms with Gasteiger partial charge in [0.05, 0.1) is 13.0 Å². The molecule has 170 valence electrons. The normalized spacial score (nSPS) is 20.3. The van der Waals surface area contributed by atoms with Crippen molar-refractivity contribution < 1.29 is 24.1 Å². The lowest BCUT2D eigenvalue weighted by molar-refractivity contribution is -0.137. The SMILES string of the molecule is O=C(O)CC1(c2ccc3c(c2)OCO3)CC1c1ccc(OCCCNc2ccccn2)cc1. The van der Waals surface area contributed by atoms with Crippen molar-refractivity contribution in [3.8, 4) is 17.2 Å². The third-order valence-corrected chi connectivity index (χ3v) is 6.33. The summed E-state index contributed by atoms with van der Waals surface area (Å²) in [5, 5.41) is 12.8. The lowest BCUT2D eigenvalue weighted by atomic mass is 9.87. The Morgan fingerprint density at radius 1 is 1.12 bits per heavy atom. The molecular weight excluding hydrogens is 420 g/mol. The van der Waals surface area contributed by atoms with Crippen molar-refractivity contribution in [2.75, 3.05) is 25.3 Å². The second kappa shape index (κ2) is 9.02. The van der Waals surface area contributed by atoms with E-state index >= 15 is 0 Å². The molecule has 0 bridgehead atoms. The van der Waals surface area contributed by atoms with E-state index in [0.29, 0.717) is 18.1 Å². The van der Waals surface area contributed by atoms with Gasteiger partial charge in [-0.15, -0.1) is 0 Å². The largest absolute Gasteiger partial charge is 0.494 e. The highest BCUT2D eigenvalue weighted by atomic mass is 16.7. The lowest BCUT2D eigenvalue weighted by Gasteiger charge is -2.17. The molecule has 1 aliphatic heterocycles. The van der Waals surface area contributed by atoms with E-state index in [0.717, 1.165) is 42.1 Å². The number of carbonyl (C=O) groups is 1. The summed E-state index contributed by atoms with van der Waals surface area (Å²) < 4.78 is 16.8. The molecule has 0 saturated heterocycles. The van der Waals surface area contributed by atoms with Crippen LogP contribution in [0.4, 0.5) is 5.82 Å². The van der Waals surface area contributed by atoms with Gasteiger partial charge in [0, 0.05) is 18.2 Å². The molecule has 2 aliphatic rings. The first-order chi connectivity index (χ1) is 16.1. The third-order valence-electron chi connectivity index (χ3n) is 6.33. The molecule has 2 aromatic carbocycles. The van der Waals surface area contributed by atoms with E-state index in [9.17, 15) is 9.90 Å². The van der Waals surface area contributed by atoms with Crippen LogP contribution in [0.15, 0.2) is 66.9 Å². The van der Waals surface area contributed by atoms with Crippen molar-refractivity contribution in [1.29, 1.82) is 0 Å². The molecule has 2 heterocycles. The summed E-state index contributed by atoms with van der Waals surface area (Å²) in [6.45, 7) is 1.59. The average molecular weight is 447 g/mol. The molecule has 1 aliphatic carbocycles. The first-order valence-electron chi connectivity index (χ1n) is 11.1. The number of hydrogen-bond acceptors (Lipinski definition) is 6. The Bertz CT molecular complexity index is 1120. The molecule has 0 spiro atoms. The predicted octanol–water partition coefficient (Wildman–Crippen LogP) is 4.59. The molecule has 33 heavy (non-hydrogen) atoms. The second-order valence-electron chi connectivity index (χ2n) is 8.46. The molecule has 1 saturated carbocycles. The Balaban J connectivity index is 1.19. The van der Waals surface area contributed by atoms with E-state index in [1.807, 2.05) is 60.7 Å². The highest BCUT2D eigenvalue weighted by Crippen LogP contribution is 2.63. The molecule has 2 N–H and O–H groups in total. The monoisotopic (exact) mass is 446 g/mol. The minimum atomic E-state index is -0.797. The molecule has 1 aromatic heterocycles. The number of nitrogens with one attached hydrogen (secondary N) is 1. The maximum absolute atomic E-state index is 11.7. The number of aromatic nitrogens is 1. The smallest absolute Gasteiger partial charge is 0.304 e. The molecule has 0 amide bonds. The van der Waals surface area contributed by atoms with Gasteiger partial charge in [-0.05, 0) is 66.3 Å². The maximum Gasteiger partial charge on any atom is 0.304 e. The van der Waals surface area contributed by atoms with Crippen molar-refractivity contribution >= 4 is 11.8 Å². The van der Waals surface area contributed by atoms with Crippen LogP contribution < -0.4 is 19.5 Å². The van der Waals surface area contributed by atoms with Crippen molar-refractivity contribution in [2.45, 2.75) is 30.6 Å². The number of anilines is 1. The van der Waals surface area contributed by atoms with E-state index in [2.05, 4.69) is 10.3 Å². The summed E-state index contributed by atoms with van der Waals surface area (Å²) in [6.07, 6.45) is 3.49. The van der Waals surface area contributed by atoms with Gasteiger partial charge in [0.15, 0.2) is 11.5 Å². The Kier molecular flexibility index (Phi) is 5.77. The summed E-state index contributed by atoms with van der Waals surface area (Å²) in [7, 11) is 0. The Morgan fingerprint density at radius 3 is 2.76 bits per heavy atom. The molecule has 1 fully saturated rings. The van der Waals surface area contributed by atoms with Crippen LogP contribution in [0.5, 0.6) is 17.2 Å². The molecule has 2 atom stereocenters. The van der Waals surface area contributed by atoms with Gasteiger partial charge >= 0.3 is 5.97 Å². The van der Waals surface area contributed by atoms with Gasteiger partial charge < -0.3 is 24.6 Å². The number of rotatable bonds is 10. The van der Waals surface area contributed by atoms with E-state index < -0.39 is 11.4 Å². The van der Waals surface area contributed by atoms with Crippen molar-refractivity contribution in [1.82, 2.24) is 4.98 Å². The third kappa shape index (κ3) is 4.58. The Hall–Kier alpha value is -3.74. The quantitative estimate of drug-likeness (QED) is 0.440. The van der Waals surface area contributed by atoms with Gasteiger partial charge in [0.25, 0.3) is 0 Å². The van der Waals surface area contributed by atoms with Crippen LogP contribution in [-0.2, 0) is 10.2 Å². The summed E-state index contributed by atoms with van der Waals surface area (Å²) in [5.74, 6) is 2.41. The van der Waals surface area contributed by atoms with Gasteiger partial charge in [-0.1, -0.05) is 24.3 Å². The number of carboxylic acids is 1. The number of hydrogen-bond donors (Lipinski definition) is 2. The first kappa shape index (κ1) is 21.1. The summed E-state index contributed by atoms with van der Waals surface area (Å²) in [6, 6.07) is 19.6. The van der Waals surface area contributed by atoms with Gasteiger partial charge in [0.1, 0.15) is 11.6 Å². The van der Waals surface area contributed by atoms with E-state index in [1.165, 1.54) is 0 Å². The van der Waals surface area contributed by atoms with Gasteiger partial charge in [-0.2, -0.15) is 0 Å². The molecule has 7 heteroatoms. The zero-order valence-corrected chi connectivity index (χ0v) is 18.2. The fourth-order valence-corrected chi connectivity index (χ4v) is 4.58. The highest BCUT2D eigenvalue weighted by Gasteiger charge is 2.57. The fourth-order valence-electron chi connectivity index (χ4n) is 4.58. The van der Waals surface area contributed by atoms with Crippen LogP contribution in [-0.4, -0.2) is 36.0 Å². The van der Waals surface area contributed by atoms with Crippen molar-refractivity contribution in [3.05, 3.63) is 78.0 Å². The molecule has 3 aromatic rings. The fraction of sp³-hybridized carbons (Fsp3) is 0.308. The van der Waals surface area contributed by atoms with Crippen LogP contribution in [0.2, 0.25) is 0 Å². The highest BCUT2D eigenvalue weighted by molar-refractivity contribution is 5.71. The summed E-state index contributed by atoms with van der Waals surface area (Å²) in [5.41, 5.74) is 1.68. The van der Waals surface area contributed by atoms with Crippen LogP contribution in [0.1, 0.15) is 36.3 Å². The topological polar surface area (TPSA) is 89.9 Å². The van der Waals surface area contributed by atoms with E-state index in [4.69, 9.17) is 14.2 Å². The van der Waals surface area contributed by atoms with Crippen LogP contribution in [0.25, 0.3) is 0 Å². The van der Waals surface area contributed by atoms with Gasteiger partial charge in [0.2, 0.25) is 6.79 Å². The van der Waals surface area contributed by atoms with E-state index in [1.54, 1.807) is 6.20 Å².